The summed E-state index contributed by atoms with van der Waals surface area (Å²) in [5.41, 5.74) is 2.54. The van der Waals surface area contributed by atoms with E-state index in [1.807, 2.05) is 26.8 Å². The zero-order valence-electron chi connectivity index (χ0n) is 24.3. The van der Waals surface area contributed by atoms with Gasteiger partial charge in [-0.05, 0) is 87.7 Å². The molecule has 2 amide bonds. The number of ether oxygens (including phenoxy) is 1. The van der Waals surface area contributed by atoms with Crippen LogP contribution in [0.5, 0.6) is 5.75 Å². The Morgan fingerprint density at radius 1 is 1.00 bits per heavy atom. The van der Waals surface area contributed by atoms with Crippen LogP contribution in [0.2, 0.25) is 5.02 Å². The molecular weight excluding hydrogens is 562 g/mol. The van der Waals surface area contributed by atoms with Gasteiger partial charge in [-0.1, -0.05) is 48.4 Å². The maximum absolute atomic E-state index is 14.1. The molecule has 1 N–H and O–H groups in total. The van der Waals surface area contributed by atoms with Gasteiger partial charge in [0.1, 0.15) is 18.3 Å². The van der Waals surface area contributed by atoms with Gasteiger partial charge >= 0.3 is 0 Å². The van der Waals surface area contributed by atoms with Crippen LogP contribution in [0.1, 0.15) is 43.9 Å². The summed E-state index contributed by atoms with van der Waals surface area (Å²) in [6.45, 7) is 8.63. The highest BCUT2D eigenvalue weighted by Crippen LogP contribution is 2.29. The van der Waals surface area contributed by atoms with Crippen LogP contribution < -0.4 is 14.4 Å². The summed E-state index contributed by atoms with van der Waals surface area (Å²) >= 11 is 6.17. The number of hydrogen-bond donors (Lipinski definition) is 1. The normalized spacial score (nSPS) is 12.8. The van der Waals surface area contributed by atoms with E-state index in [1.54, 1.807) is 69.5 Å². The van der Waals surface area contributed by atoms with Gasteiger partial charge in [-0.25, -0.2) is 8.42 Å². The molecule has 8 nitrogen and oxygen atoms in total. The van der Waals surface area contributed by atoms with E-state index in [4.69, 9.17) is 16.3 Å². The van der Waals surface area contributed by atoms with Crippen molar-refractivity contribution in [2.45, 2.75) is 64.6 Å². The van der Waals surface area contributed by atoms with Crippen LogP contribution in [-0.2, 0) is 26.2 Å². The van der Waals surface area contributed by atoms with E-state index in [1.165, 1.54) is 17.0 Å². The number of nitrogens with one attached hydrogen (secondary N) is 1. The molecule has 0 saturated heterocycles. The summed E-state index contributed by atoms with van der Waals surface area (Å²) in [4.78, 5) is 28.7. The number of aryl methyl sites for hydroxylation is 2. The number of methoxy groups -OCH3 is 1. The van der Waals surface area contributed by atoms with Gasteiger partial charge in [0.05, 0.1) is 17.7 Å². The summed E-state index contributed by atoms with van der Waals surface area (Å²) in [6, 6.07) is 17.5. The van der Waals surface area contributed by atoms with E-state index >= 15 is 0 Å². The minimum absolute atomic E-state index is 0.0483. The van der Waals surface area contributed by atoms with Crippen LogP contribution in [0.25, 0.3) is 0 Å². The highest BCUT2D eigenvalue weighted by atomic mass is 35.5. The average molecular weight is 600 g/mol. The van der Waals surface area contributed by atoms with E-state index in [-0.39, 0.29) is 23.4 Å². The van der Waals surface area contributed by atoms with Gasteiger partial charge in [-0.15, -0.1) is 0 Å². The van der Waals surface area contributed by atoms with Crippen molar-refractivity contribution < 1.29 is 22.7 Å². The van der Waals surface area contributed by atoms with E-state index in [0.29, 0.717) is 22.0 Å². The minimum Gasteiger partial charge on any atom is -0.497 e. The predicted molar refractivity (Wildman–Crippen MR) is 163 cm³/mol. The fourth-order valence-electron chi connectivity index (χ4n) is 4.27. The summed E-state index contributed by atoms with van der Waals surface area (Å²) < 4.78 is 34.4. The molecule has 3 rings (SSSR count). The molecule has 0 aromatic heterocycles. The SMILES string of the molecule is CC[C@@H](C)NC(=O)[C@H](C)N(Cc1cccc(OC)c1)C(=O)CN(c1ccc(Cl)cc1C)S(=O)(=O)c1ccc(C)cc1. The number of anilines is 1. The van der Waals surface area contributed by atoms with Crippen molar-refractivity contribution in [3.05, 3.63) is 88.4 Å². The number of sulfonamides is 1. The summed E-state index contributed by atoms with van der Waals surface area (Å²) in [7, 11) is -2.62. The van der Waals surface area contributed by atoms with Crippen LogP contribution >= 0.6 is 11.6 Å². The molecule has 0 fully saturated rings. The van der Waals surface area contributed by atoms with E-state index < -0.39 is 28.5 Å². The first kappa shape index (κ1) is 32.0. The van der Waals surface area contributed by atoms with E-state index in [9.17, 15) is 18.0 Å². The average Bonchev–Trinajstić information content (AvgIpc) is 2.94. The lowest BCUT2D eigenvalue weighted by Gasteiger charge is -2.33. The van der Waals surface area contributed by atoms with Gasteiger partial charge in [-0.2, -0.15) is 0 Å². The standard InChI is InChI=1S/C31H38ClN3O5S/c1-7-23(4)33-31(37)24(5)34(19-25-9-8-10-27(18-25)40-6)30(36)20-35(29-16-13-26(32)17-22(29)3)41(38,39)28-14-11-21(2)12-15-28/h8-18,23-24H,7,19-20H2,1-6H3,(H,33,37)/t23-,24+/m1/s1. The van der Waals surface area contributed by atoms with Crippen molar-refractivity contribution in [2.24, 2.45) is 0 Å². The van der Waals surface area contributed by atoms with Crippen LogP contribution in [0.4, 0.5) is 5.69 Å². The molecule has 0 aliphatic heterocycles. The molecule has 0 radical (unpaired) electrons. The third kappa shape index (κ3) is 8.01. The maximum atomic E-state index is 14.1. The van der Waals surface area contributed by atoms with Gasteiger partial charge in [0.25, 0.3) is 10.0 Å². The minimum atomic E-state index is -4.17. The molecule has 0 bridgehead atoms. The zero-order valence-corrected chi connectivity index (χ0v) is 25.9. The zero-order chi connectivity index (χ0) is 30.3. The highest BCUT2D eigenvalue weighted by Gasteiger charge is 2.33. The number of halogens is 1. The van der Waals surface area contributed by atoms with Crippen molar-refractivity contribution in [3.63, 3.8) is 0 Å². The Kier molecular flexibility index (Phi) is 10.8. The molecule has 10 heteroatoms. The fraction of sp³-hybridized carbons (Fsp3) is 0.355. The molecular formula is C31H38ClN3O5S. The van der Waals surface area contributed by atoms with Crippen LogP contribution in [0.3, 0.4) is 0 Å². The smallest absolute Gasteiger partial charge is 0.264 e. The van der Waals surface area contributed by atoms with E-state index in [2.05, 4.69) is 5.32 Å². The monoisotopic (exact) mass is 599 g/mol. The first-order chi connectivity index (χ1) is 19.4. The molecule has 0 aliphatic carbocycles. The quantitative estimate of drug-likeness (QED) is 0.297. The second-order valence-electron chi connectivity index (χ2n) is 10.1. The number of carbonyl (C=O) groups is 2. The molecule has 0 aliphatic rings. The molecule has 3 aromatic carbocycles. The lowest BCUT2D eigenvalue weighted by molar-refractivity contribution is -0.139. The van der Waals surface area contributed by atoms with Gasteiger partial charge in [-0.3, -0.25) is 13.9 Å². The molecule has 2 atom stereocenters. The van der Waals surface area contributed by atoms with Crippen molar-refractivity contribution in [1.82, 2.24) is 10.2 Å². The number of carbonyl (C=O) groups excluding carboxylic acids is 2. The molecule has 0 saturated carbocycles. The number of nitrogens with zero attached hydrogens (tertiary/aromatic N) is 2. The first-order valence-corrected chi connectivity index (χ1v) is 15.3. The number of hydrogen-bond acceptors (Lipinski definition) is 5. The third-order valence-corrected chi connectivity index (χ3v) is 8.98. The van der Waals surface area contributed by atoms with Crippen molar-refractivity contribution in [2.75, 3.05) is 18.0 Å². The van der Waals surface area contributed by atoms with Crippen molar-refractivity contribution >= 4 is 39.1 Å². The number of benzene rings is 3. The number of amides is 2. The Labute approximate surface area is 248 Å². The first-order valence-electron chi connectivity index (χ1n) is 13.5. The Morgan fingerprint density at radius 2 is 1.68 bits per heavy atom. The van der Waals surface area contributed by atoms with Gasteiger partial charge in [0.2, 0.25) is 11.8 Å². The summed E-state index contributed by atoms with van der Waals surface area (Å²) in [6.07, 6.45) is 0.723. The highest BCUT2D eigenvalue weighted by molar-refractivity contribution is 7.92. The van der Waals surface area contributed by atoms with Gasteiger partial charge < -0.3 is 15.0 Å². The Bertz CT molecular complexity index is 1480. The van der Waals surface area contributed by atoms with Crippen LogP contribution in [0.15, 0.2) is 71.6 Å². The second kappa shape index (κ2) is 13.9. The Morgan fingerprint density at radius 3 is 2.29 bits per heavy atom. The Hall–Kier alpha value is -3.56. The maximum Gasteiger partial charge on any atom is 0.264 e. The predicted octanol–water partition coefficient (Wildman–Crippen LogP) is 5.49. The van der Waals surface area contributed by atoms with Crippen LogP contribution in [0, 0.1) is 13.8 Å². The molecule has 0 heterocycles. The van der Waals surface area contributed by atoms with Crippen molar-refractivity contribution in [3.8, 4) is 5.75 Å². The summed E-state index contributed by atoms with van der Waals surface area (Å²) in [5, 5.41) is 3.38. The fourth-order valence-corrected chi connectivity index (χ4v) is 5.97. The molecule has 0 unspecified atom stereocenters. The largest absolute Gasteiger partial charge is 0.497 e. The van der Waals surface area contributed by atoms with Crippen LogP contribution in [-0.4, -0.2) is 50.9 Å². The molecule has 3 aromatic rings. The third-order valence-electron chi connectivity index (χ3n) is 6.97. The summed E-state index contributed by atoms with van der Waals surface area (Å²) in [5.74, 6) is -0.261. The van der Waals surface area contributed by atoms with Gasteiger partial charge in [0.15, 0.2) is 0 Å². The molecule has 220 valence electrons. The number of rotatable bonds is 12. The van der Waals surface area contributed by atoms with Gasteiger partial charge in [0, 0.05) is 17.6 Å². The lowest BCUT2D eigenvalue weighted by Crippen LogP contribution is -2.52. The molecule has 0 spiro atoms. The second-order valence-corrected chi connectivity index (χ2v) is 12.4. The topological polar surface area (TPSA) is 96.0 Å². The Balaban J connectivity index is 2.07. The van der Waals surface area contributed by atoms with E-state index in [0.717, 1.165) is 21.9 Å². The molecule has 41 heavy (non-hydrogen) atoms. The van der Waals surface area contributed by atoms with Crippen molar-refractivity contribution in [1.29, 1.82) is 0 Å². The lowest BCUT2D eigenvalue weighted by atomic mass is 10.1.